The molecule has 2 aromatic rings. The zero-order valence-electron chi connectivity index (χ0n) is 16.0. The van der Waals surface area contributed by atoms with Gasteiger partial charge in [0, 0.05) is 37.0 Å². The van der Waals surface area contributed by atoms with Gasteiger partial charge in [0.05, 0.1) is 6.61 Å². The van der Waals surface area contributed by atoms with Crippen molar-refractivity contribution in [3.63, 3.8) is 0 Å². The molecule has 2 atom stereocenters. The average molecular weight is 394 g/mol. The van der Waals surface area contributed by atoms with E-state index in [1.165, 1.54) is 0 Å². The molecule has 8 heteroatoms. The molecule has 0 radical (unpaired) electrons. The Hall–Kier alpha value is -2.87. The van der Waals surface area contributed by atoms with E-state index in [1.807, 2.05) is 18.2 Å². The Labute approximate surface area is 167 Å². The lowest BCUT2D eigenvalue weighted by Crippen LogP contribution is -2.36. The van der Waals surface area contributed by atoms with Gasteiger partial charge in [0.2, 0.25) is 6.79 Å². The average Bonchev–Trinajstić information content (AvgIpc) is 3.06. The number of fused-ring (bicyclic) bond motifs is 3. The first kappa shape index (κ1) is 17.0. The number of hydrogen-bond donors (Lipinski definition) is 2. The summed E-state index contributed by atoms with van der Waals surface area (Å²) in [5.41, 5.74) is 2.44. The van der Waals surface area contributed by atoms with Gasteiger partial charge < -0.3 is 24.8 Å². The number of carbonyl (C=O) groups is 1. The number of anilines is 1. The number of benzene rings is 1. The normalized spacial score (nSPS) is 26.2. The van der Waals surface area contributed by atoms with Gasteiger partial charge in [-0.1, -0.05) is 6.07 Å². The molecule has 1 aromatic heterocycles. The Kier molecular flexibility index (Phi) is 3.56. The summed E-state index contributed by atoms with van der Waals surface area (Å²) >= 11 is 0. The Bertz CT molecular complexity index is 1020. The minimum atomic E-state index is -0.136. The van der Waals surface area contributed by atoms with Crippen LogP contribution in [0.3, 0.4) is 0 Å². The Morgan fingerprint density at radius 1 is 1.28 bits per heavy atom. The highest BCUT2D eigenvalue weighted by Gasteiger charge is 2.60. The van der Waals surface area contributed by atoms with Crippen LogP contribution in [0.5, 0.6) is 11.5 Å². The molecule has 1 aromatic carbocycles. The molecule has 3 aliphatic heterocycles. The van der Waals surface area contributed by atoms with Gasteiger partial charge in [-0.3, -0.25) is 4.79 Å². The predicted molar refractivity (Wildman–Crippen MR) is 103 cm³/mol. The number of nitrogens with one attached hydrogen (secondary N) is 1. The van der Waals surface area contributed by atoms with Crippen LogP contribution in [0.25, 0.3) is 0 Å². The van der Waals surface area contributed by atoms with Crippen molar-refractivity contribution >= 4 is 11.7 Å². The second-order valence-corrected chi connectivity index (χ2v) is 8.46. The minimum Gasteiger partial charge on any atom is -0.454 e. The lowest BCUT2D eigenvalue weighted by atomic mass is 10.0. The number of aliphatic hydroxyl groups is 1. The highest BCUT2D eigenvalue weighted by atomic mass is 16.7. The van der Waals surface area contributed by atoms with Crippen LogP contribution in [0.4, 0.5) is 5.82 Å². The molecule has 4 heterocycles. The molecular weight excluding hydrogens is 372 g/mol. The van der Waals surface area contributed by atoms with Crippen molar-refractivity contribution in [2.24, 2.45) is 11.3 Å². The Morgan fingerprint density at radius 3 is 3.03 bits per heavy atom. The fourth-order valence-corrected chi connectivity index (χ4v) is 4.89. The van der Waals surface area contributed by atoms with Crippen molar-refractivity contribution in [1.82, 2.24) is 15.3 Å². The minimum absolute atomic E-state index is 0.0201. The molecule has 2 N–H and O–H groups in total. The number of aliphatic hydroxyl groups excluding tert-OH is 1. The topological polar surface area (TPSA) is 96.8 Å². The van der Waals surface area contributed by atoms with Crippen LogP contribution in [0.1, 0.15) is 33.9 Å². The van der Waals surface area contributed by atoms with E-state index in [1.54, 1.807) is 0 Å². The maximum Gasteiger partial charge on any atom is 0.270 e. The van der Waals surface area contributed by atoms with E-state index in [0.717, 1.165) is 54.4 Å². The van der Waals surface area contributed by atoms with Gasteiger partial charge in [-0.05, 0) is 36.5 Å². The van der Waals surface area contributed by atoms with E-state index in [-0.39, 0.29) is 24.7 Å². The summed E-state index contributed by atoms with van der Waals surface area (Å²) in [5.74, 6) is 3.33. The first-order chi connectivity index (χ1) is 14.1. The van der Waals surface area contributed by atoms with E-state index < -0.39 is 0 Å². The van der Waals surface area contributed by atoms with Gasteiger partial charge in [-0.2, -0.15) is 0 Å². The second-order valence-electron chi connectivity index (χ2n) is 8.46. The van der Waals surface area contributed by atoms with Crippen LogP contribution in [0, 0.1) is 11.3 Å². The van der Waals surface area contributed by atoms with Crippen molar-refractivity contribution in [3.8, 4) is 11.5 Å². The van der Waals surface area contributed by atoms with Gasteiger partial charge >= 0.3 is 0 Å². The maximum atomic E-state index is 12.5. The molecule has 0 bridgehead atoms. The molecular formula is C21H22N4O4. The third-order valence-corrected chi connectivity index (χ3v) is 6.63. The molecule has 0 spiro atoms. The van der Waals surface area contributed by atoms with Crippen molar-refractivity contribution in [2.75, 3.05) is 37.9 Å². The van der Waals surface area contributed by atoms with Crippen LogP contribution >= 0.6 is 0 Å². The number of hydrogen-bond acceptors (Lipinski definition) is 7. The lowest BCUT2D eigenvalue weighted by Gasteiger charge is -2.27. The summed E-state index contributed by atoms with van der Waals surface area (Å²) in [7, 11) is 0. The van der Waals surface area contributed by atoms with Gasteiger partial charge in [0.25, 0.3) is 5.91 Å². The molecule has 6 rings (SSSR count). The van der Waals surface area contributed by atoms with Crippen molar-refractivity contribution in [1.29, 1.82) is 0 Å². The number of aromatic nitrogens is 2. The predicted octanol–water partition coefficient (Wildman–Crippen LogP) is 0.901. The molecule has 2 fully saturated rings. The molecule has 1 aliphatic carbocycles. The van der Waals surface area contributed by atoms with E-state index in [2.05, 4.69) is 15.2 Å². The van der Waals surface area contributed by atoms with Crippen LogP contribution in [0.15, 0.2) is 18.2 Å². The van der Waals surface area contributed by atoms with Gasteiger partial charge in [-0.25, -0.2) is 9.97 Å². The number of nitrogens with zero attached hydrogens (tertiary/aromatic N) is 3. The van der Waals surface area contributed by atoms with Crippen molar-refractivity contribution in [2.45, 2.75) is 19.3 Å². The largest absolute Gasteiger partial charge is 0.454 e. The smallest absolute Gasteiger partial charge is 0.270 e. The van der Waals surface area contributed by atoms with Crippen LogP contribution < -0.4 is 19.7 Å². The van der Waals surface area contributed by atoms with Crippen molar-refractivity contribution in [3.05, 3.63) is 40.8 Å². The summed E-state index contributed by atoms with van der Waals surface area (Å²) in [6.07, 6.45) is 2.32. The number of amides is 1. The maximum absolute atomic E-state index is 12.5. The third-order valence-electron chi connectivity index (χ3n) is 6.63. The van der Waals surface area contributed by atoms with Gasteiger partial charge in [-0.15, -0.1) is 0 Å². The highest BCUT2D eigenvalue weighted by molar-refractivity contribution is 5.96. The molecule has 150 valence electrons. The fraction of sp³-hybridized carbons (Fsp3) is 0.476. The Balaban J connectivity index is 1.37. The van der Waals surface area contributed by atoms with Crippen LogP contribution in [-0.4, -0.2) is 54.0 Å². The second kappa shape index (κ2) is 6.06. The summed E-state index contributed by atoms with van der Waals surface area (Å²) in [5, 5.41) is 12.7. The van der Waals surface area contributed by atoms with Crippen molar-refractivity contribution < 1.29 is 19.4 Å². The highest BCUT2D eigenvalue weighted by Crippen LogP contribution is 2.58. The summed E-state index contributed by atoms with van der Waals surface area (Å²) in [6.45, 7) is 2.73. The zero-order chi connectivity index (χ0) is 19.6. The van der Waals surface area contributed by atoms with Gasteiger partial charge in [0.15, 0.2) is 11.5 Å². The third kappa shape index (κ3) is 2.66. The van der Waals surface area contributed by atoms with Gasteiger partial charge in [0.1, 0.15) is 17.3 Å². The summed E-state index contributed by atoms with van der Waals surface area (Å²) in [4.78, 5) is 24.3. The monoisotopic (exact) mass is 394 g/mol. The first-order valence-corrected chi connectivity index (χ1v) is 10.1. The first-order valence-electron chi connectivity index (χ1n) is 10.1. The number of rotatable bonds is 4. The summed E-state index contributed by atoms with van der Waals surface area (Å²) < 4.78 is 10.8. The number of carbonyl (C=O) groups excluding carboxylic acids is 1. The molecule has 0 unspecified atom stereocenters. The zero-order valence-corrected chi connectivity index (χ0v) is 16.0. The standard InChI is InChI=1S/C21H22N4O4/c26-10-21-7-13(21)8-25(9-21)19-14-3-4-22-20(27)18(14)23-17(24-19)6-12-1-2-15-16(5-12)29-11-28-15/h1-2,5,13,26H,3-4,6-11H2,(H,22,27)/t13-,21+/m1/s1. The molecule has 1 saturated carbocycles. The quantitative estimate of drug-likeness (QED) is 0.795. The molecule has 1 amide bonds. The molecule has 29 heavy (non-hydrogen) atoms. The van der Waals surface area contributed by atoms with Crippen LogP contribution in [0.2, 0.25) is 0 Å². The lowest BCUT2D eigenvalue weighted by molar-refractivity contribution is 0.0940. The molecule has 8 nitrogen and oxygen atoms in total. The molecule has 1 saturated heterocycles. The van der Waals surface area contributed by atoms with Crippen LogP contribution in [-0.2, 0) is 12.8 Å². The fourth-order valence-electron chi connectivity index (χ4n) is 4.89. The van der Waals surface area contributed by atoms with E-state index in [9.17, 15) is 9.90 Å². The number of ether oxygens (including phenoxy) is 2. The van der Waals surface area contributed by atoms with E-state index in [4.69, 9.17) is 14.5 Å². The molecule has 4 aliphatic rings. The Morgan fingerprint density at radius 2 is 2.17 bits per heavy atom. The number of piperidine rings is 1. The van der Waals surface area contributed by atoms with E-state index in [0.29, 0.717) is 30.4 Å². The SMILES string of the molecule is O=C1NCCc2c1nc(Cc1ccc3c(c1)OCO3)nc2N1C[C@H]2C[C@@]2(CO)C1. The summed E-state index contributed by atoms with van der Waals surface area (Å²) in [6, 6.07) is 5.81. The van der Waals surface area contributed by atoms with E-state index >= 15 is 0 Å².